The van der Waals surface area contributed by atoms with E-state index in [1.54, 1.807) is 18.3 Å². The van der Waals surface area contributed by atoms with Crippen molar-refractivity contribution >= 4 is 11.0 Å². The molecule has 0 aliphatic rings. The van der Waals surface area contributed by atoms with Crippen LogP contribution in [0, 0.1) is 6.92 Å². The van der Waals surface area contributed by atoms with Gasteiger partial charge in [-0.15, -0.1) is 0 Å². The first-order chi connectivity index (χ1) is 9.61. The molecule has 0 saturated heterocycles. The third-order valence-corrected chi connectivity index (χ3v) is 3.37. The van der Waals surface area contributed by atoms with Crippen LogP contribution in [0.4, 0.5) is 0 Å². The van der Waals surface area contributed by atoms with Crippen molar-refractivity contribution in [3.63, 3.8) is 0 Å². The minimum Gasteiger partial charge on any atom is -0.268 e. The second-order valence-corrected chi connectivity index (χ2v) is 4.64. The highest BCUT2D eigenvalue weighted by Gasteiger charge is 2.13. The lowest BCUT2D eigenvalue weighted by atomic mass is 10.2. The van der Waals surface area contributed by atoms with Gasteiger partial charge < -0.3 is 0 Å². The third-order valence-electron chi connectivity index (χ3n) is 3.37. The topological polar surface area (TPSA) is 56.9 Å². The maximum absolute atomic E-state index is 12.4. The Hall–Kier alpha value is -2.69. The fourth-order valence-electron chi connectivity index (χ4n) is 2.28. The quantitative estimate of drug-likeness (QED) is 0.669. The first-order valence-corrected chi connectivity index (χ1v) is 6.24. The predicted molar refractivity (Wildman–Crippen MR) is 77.3 cm³/mol. The molecule has 2 heterocycles. The molecule has 0 unspecified atom stereocenters. The summed E-state index contributed by atoms with van der Waals surface area (Å²) in [6.07, 6.45) is 1.58. The molecule has 1 aromatic carbocycles. The van der Waals surface area contributed by atoms with Crippen LogP contribution in [0.3, 0.4) is 0 Å². The Balaban J connectivity index is 2.58. The number of hydrogen-bond donors (Lipinski definition) is 0. The van der Waals surface area contributed by atoms with Gasteiger partial charge in [-0.3, -0.25) is 9.36 Å². The van der Waals surface area contributed by atoms with E-state index in [0.29, 0.717) is 11.0 Å². The van der Waals surface area contributed by atoms with Crippen molar-refractivity contribution in [1.29, 1.82) is 0 Å². The standard InChI is InChI=1S/C15H13N3O2/c1-10-6-3-4-8-12(10)18-13-11(7-5-9-16-13)14(19)17(2)15(18)20/h3-9H,1-2H3. The molecule has 20 heavy (non-hydrogen) atoms. The van der Waals surface area contributed by atoms with E-state index in [9.17, 15) is 9.59 Å². The summed E-state index contributed by atoms with van der Waals surface area (Å²) in [5, 5.41) is 0.429. The number of fused-ring (bicyclic) bond motifs is 1. The smallest absolute Gasteiger partial charge is 0.268 e. The molecule has 0 saturated carbocycles. The Morgan fingerprint density at radius 1 is 1.05 bits per heavy atom. The number of benzene rings is 1. The molecule has 0 aliphatic heterocycles. The molecule has 0 radical (unpaired) electrons. The van der Waals surface area contributed by atoms with Crippen LogP contribution in [0.2, 0.25) is 0 Å². The lowest BCUT2D eigenvalue weighted by Crippen LogP contribution is -2.38. The highest BCUT2D eigenvalue weighted by atomic mass is 16.2. The van der Waals surface area contributed by atoms with Crippen LogP contribution < -0.4 is 11.2 Å². The maximum atomic E-state index is 12.4. The average molecular weight is 267 g/mol. The molecule has 5 nitrogen and oxygen atoms in total. The van der Waals surface area contributed by atoms with Crippen molar-refractivity contribution in [2.24, 2.45) is 7.05 Å². The van der Waals surface area contributed by atoms with Gasteiger partial charge >= 0.3 is 5.69 Å². The Kier molecular flexibility index (Phi) is 2.75. The summed E-state index contributed by atoms with van der Waals surface area (Å²) in [4.78, 5) is 28.8. The van der Waals surface area contributed by atoms with Gasteiger partial charge in [0.2, 0.25) is 0 Å². The van der Waals surface area contributed by atoms with Gasteiger partial charge in [-0.05, 0) is 30.7 Å². The van der Waals surface area contributed by atoms with Crippen molar-refractivity contribution in [2.75, 3.05) is 0 Å². The summed E-state index contributed by atoms with van der Waals surface area (Å²) in [5.74, 6) is 0. The van der Waals surface area contributed by atoms with Gasteiger partial charge in [0.05, 0.1) is 11.1 Å². The molecule has 0 fully saturated rings. The Morgan fingerprint density at radius 2 is 1.80 bits per heavy atom. The highest BCUT2D eigenvalue weighted by molar-refractivity contribution is 5.75. The van der Waals surface area contributed by atoms with E-state index in [1.165, 1.54) is 11.6 Å². The van der Waals surface area contributed by atoms with Crippen LogP contribution in [0.5, 0.6) is 0 Å². The first-order valence-electron chi connectivity index (χ1n) is 6.24. The summed E-state index contributed by atoms with van der Waals surface area (Å²) in [5.41, 5.74) is 1.34. The number of hydrogen-bond acceptors (Lipinski definition) is 3. The van der Waals surface area contributed by atoms with Gasteiger partial charge in [0.15, 0.2) is 5.65 Å². The minimum atomic E-state index is -0.393. The van der Waals surface area contributed by atoms with Crippen LogP contribution in [0.25, 0.3) is 16.7 Å². The summed E-state index contributed by atoms with van der Waals surface area (Å²) < 4.78 is 2.59. The van der Waals surface area contributed by atoms with E-state index in [0.717, 1.165) is 15.8 Å². The van der Waals surface area contributed by atoms with Gasteiger partial charge in [0.1, 0.15) is 0 Å². The number of nitrogens with zero attached hydrogens (tertiary/aromatic N) is 3. The van der Waals surface area contributed by atoms with Crippen LogP contribution in [-0.2, 0) is 7.05 Å². The van der Waals surface area contributed by atoms with E-state index in [1.807, 2.05) is 31.2 Å². The van der Waals surface area contributed by atoms with E-state index in [4.69, 9.17) is 0 Å². The molecule has 0 bridgehead atoms. The molecule has 0 amide bonds. The molecule has 0 N–H and O–H groups in total. The Morgan fingerprint density at radius 3 is 2.55 bits per heavy atom. The zero-order valence-electron chi connectivity index (χ0n) is 11.2. The normalized spacial score (nSPS) is 10.9. The molecule has 0 spiro atoms. The van der Waals surface area contributed by atoms with E-state index in [-0.39, 0.29) is 5.56 Å². The summed E-state index contributed by atoms with van der Waals surface area (Å²) in [7, 11) is 1.48. The molecular weight excluding hydrogens is 254 g/mol. The number of aromatic nitrogens is 3. The number of aryl methyl sites for hydroxylation is 1. The average Bonchev–Trinajstić information content (AvgIpc) is 2.47. The van der Waals surface area contributed by atoms with Crippen LogP contribution in [0.15, 0.2) is 52.2 Å². The summed E-state index contributed by atoms with van der Waals surface area (Å²) >= 11 is 0. The number of pyridine rings is 1. The highest BCUT2D eigenvalue weighted by Crippen LogP contribution is 2.15. The van der Waals surface area contributed by atoms with Gasteiger partial charge in [-0.2, -0.15) is 0 Å². The maximum Gasteiger partial charge on any atom is 0.337 e. The molecule has 0 aliphatic carbocycles. The van der Waals surface area contributed by atoms with Crippen LogP contribution in [-0.4, -0.2) is 14.1 Å². The zero-order chi connectivity index (χ0) is 14.3. The second-order valence-electron chi connectivity index (χ2n) is 4.64. The van der Waals surface area contributed by atoms with Gasteiger partial charge in [0.25, 0.3) is 5.56 Å². The van der Waals surface area contributed by atoms with Crippen LogP contribution >= 0.6 is 0 Å². The molecule has 2 aromatic heterocycles. The van der Waals surface area contributed by atoms with E-state index < -0.39 is 5.69 Å². The zero-order valence-corrected chi connectivity index (χ0v) is 11.2. The molecule has 3 rings (SSSR count). The Bertz CT molecular complexity index is 922. The minimum absolute atomic E-state index is 0.331. The number of para-hydroxylation sites is 1. The van der Waals surface area contributed by atoms with Crippen molar-refractivity contribution < 1.29 is 0 Å². The first kappa shape index (κ1) is 12.3. The fraction of sp³-hybridized carbons (Fsp3) is 0.133. The van der Waals surface area contributed by atoms with E-state index >= 15 is 0 Å². The summed E-state index contributed by atoms with van der Waals surface area (Å²) in [6, 6.07) is 10.9. The van der Waals surface area contributed by atoms with Crippen molar-refractivity contribution in [3.8, 4) is 5.69 Å². The monoisotopic (exact) mass is 267 g/mol. The van der Waals surface area contributed by atoms with Crippen LogP contribution in [0.1, 0.15) is 5.56 Å². The van der Waals surface area contributed by atoms with E-state index in [2.05, 4.69) is 4.98 Å². The fourth-order valence-corrected chi connectivity index (χ4v) is 2.28. The molecule has 3 aromatic rings. The van der Waals surface area contributed by atoms with Crippen molar-refractivity contribution in [3.05, 3.63) is 69.0 Å². The molecule has 5 heteroatoms. The molecule has 0 atom stereocenters. The lowest BCUT2D eigenvalue weighted by Gasteiger charge is -2.12. The number of rotatable bonds is 1. The third kappa shape index (κ3) is 1.67. The molecular formula is C15H13N3O2. The van der Waals surface area contributed by atoms with Crippen molar-refractivity contribution in [2.45, 2.75) is 6.92 Å². The summed E-state index contributed by atoms with van der Waals surface area (Å²) in [6.45, 7) is 1.92. The van der Waals surface area contributed by atoms with Gasteiger partial charge in [-0.25, -0.2) is 14.3 Å². The Labute approximate surface area is 114 Å². The predicted octanol–water partition coefficient (Wildman–Crippen LogP) is 1.39. The van der Waals surface area contributed by atoms with Gasteiger partial charge in [0, 0.05) is 13.2 Å². The largest absolute Gasteiger partial charge is 0.337 e. The SMILES string of the molecule is Cc1ccccc1-n1c(=O)n(C)c(=O)c2cccnc21. The molecule has 100 valence electrons. The van der Waals surface area contributed by atoms with Gasteiger partial charge in [-0.1, -0.05) is 18.2 Å². The van der Waals surface area contributed by atoms with Crippen molar-refractivity contribution in [1.82, 2.24) is 14.1 Å². The second kappa shape index (κ2) is 4.45. The lowest BCUT2D eigenvalue weighted by molar-refractivity contribution is 0.746.